The summed E-state index contributed by atoms with van der Waals surface area (Å²) in [6, 6.07) is 7.92. The first-order valence-electron chi connectivity index (χ1n) is 5.20. The molecule has 1 rings (SSSR count). The predicted molar refractivity (Wildman–Crippen MR) is 71.6 cm³/mol. The lowest BCUT2D eigenvalue weighted by molar-refractivity contribution is 0.802. The number of nitriles is 1. The molecule has 0 fully saturated rings. The van der Waals surface area contributed by atoms with Crippen LogP contribution in [0.15, 0.2) is 35.3 Å². The smallest absolute Gasteiger partial charge is 0.100 e. The lowest BCUT2D eigenvalue weighted by atomic mass is 10.2. The molecule has 3 heteroatoms. The van der Waals surface area contributed by atoms with Gasteiger partial charge < -0.3 is 4.90 Å². The molecule has 0 heterocycles. The zero-order valence-corrected chi connectivity index (χ0v) is 11.0. The largest absolute Gasteiger partial charge is 0.375 e. The van der Waals surface area contributed by atoms with E-state index in [-0.39, 0.29) is 0 Å². The second-order valence-electron chi connectivity index (χ2n) is 3.63. The van der Waals surface area contributed by atoms with Gasteiger partial charge in [0.1, 0.15) is 6.07 Å². The summed E-state index contributed by atoms with van der Waals surface area (Å²) in [7, 11) is 2.05. The van der Waals surface area contributed by atoms with Crippen molar-refractivity contribution in [3.63, 3.8) is 0 Å². The summed E-state index contributed by atoms with van der Waals surface area (Å²) in [6.07, 6.45) is 4.06. The number of allylic oxidation sites excluding steroid dienone is 1. The molecule has 1 aromatic rings. The van der Waals surface area contributed by atoms with E-state index < -0.39 is 0 Å². The highest BCUT2D eigenvalue weighted by molar-refractivity contribution is 9.10. The zero-order valence-electron chi connectivity index (χ0n) is 9.41. The van der Waals surface area contributed by atoms with Gasteiger partial charge in [-0.05, 0) is 47.0 Å². The fourth-order valence-electron chi connectivity index (χ4n) is 1.43. The highest BCUT2D eigenvalue weighted by Crippen LogP contribution is 2.23. The lowest BCUT2D eigenvalue weighted by Gasteiger charge is -2.19. The summed E-state index contributed by atoms with van der Waals surface area (Å²) in [5, 5.41) is 8.82. The van der Waals surface area contributed by atoms with Crippen molar-refractivity contribution in [1.82, 2.24) is 0 Å². The van der Waals surface area contributed by atoms with Gasteiger partial charge in [0.25, 0.3) is 0 Å². The second kappa shape index (κ2) is 6.34. The Morgan fingerprint density at radius 1 is 1.56 bits per heavy atom. The van der Waals surface area contributed by atoms with Crippen LogP contribution in [0.2, 0.25) is 0 Å². The van der Waals surface area contributed by atoms with Gasteiger partial charge in [-0.2, -0.15) is 5.26 Å². The summed E-state index contributed by atoms with van der Waals surface area (Å²) < 4.78 is 0.850. The molecule has 0 spiro atoms. The number of unbranched alkanes of at least 4 members (excludes halogenated alkanes) is 1. The van der Waals surface area contributed by atoms with Gasteiger partial charge in [0.05, 0.1) is 5.56 Å². The minimum Gasteiger partial charge on any atom is -0.375 e. The Morgan fingerprint density at radius 3 is 2.88 bits per heavy atom. The van der Waals surface area contributed by atoms with Crippen LogP contribution in [0.25, 0.3) is 0 Å². The van der Waals surface area contributed by atoms with Crippen LogP contribution in [-0.2, 0) is 0 Å². The topological polar surface area (TPSA) is 27.0 Å². The molecule has 0 aromatic heterocycles. The van der Waals surface area contributed by atoms with E-state index in [0.29, 0.717) is 5.56 Å². The fraction of sp³-hybridized carbons (Fsp3) is 0.308. The van der Waals surface area contributed by atoms with Crippen molar-refractivity contribution in [2.75, 3.05) is 18.5 Å². The molecule has 0 atom stereocenters. The van der Waals surface area contributed by atoms with E-state index in [1.54, 1.807) is 0 Å². The van der Waals surface area contributed by atoms with Gasteiger partial charge in [-0.15, -0.1) is 6.58 Å². The van der Waals surface area contributed by atoms with Crippen LogP contribution in [0, 0.1) is 11.3 Å². The van der Waals surface area contributed by atoms with Gasteiger partial charge in [-0.25, -0.2) is 0 Å². The van der Waals surface area contributed by atoms with Crippen molar-refractivity contribution in [3.8, 4) is 6.07 Å². The molecule has 0 saturated heterocycles. The quantitative estimate of drug-likeness (QED) is 0.606. The maximum absolute atomic E-state index is 8.82. The Labute approximate surface area is 105 Å². The molecule has 0 N–H and O–H groups in total. The van der Waals surface area contributed by atoms with E-state index in [9.17, 15) is 0 Å². The Bertz CT molecular complexity index is 407. The van der Waals surface area contributed by atoms with Gasteiger partial charge in [-0.1, -0.05) is 6.08 Å². The lowest BCUT2D eigenvalue weighted by Crippen LogP contribution is -2.18. The average molecular weight is 279 g/mol. The molecule has 16 heavy (non-hydrogen) atoms. The summed E-state index contributed by atoms with van der Waals surface area (Å²) in [6.45, 7) is 4.70. The van der Waals surface area contributed by atoms with E-state index in [2.05, 4.69) is 40.5 Å². The number of benzene rings is 1. The van der Waals surface area contributed by atoms with E-state index in [1.807, 2.05) is 24.3 Å². The van der Waals surface area contributed by atoms with Crippen LogP contribution >= 0.6 is 15.9 Å². The first-order valence-corrected chi connectivity index (χ1v) is 6.00. The molecule has 0 aliphatic rings. The standard InChI is InChI=1S/C13H15BrN2/c1-3-4-5-8-16(2)12-7-6-11(10-15)13(14)9-12/h3,6-7,9H,1,4-5,8H2,2H3. The van der Waals surface area contributed by atoms with Crippen LogP contribution < -0.4 is 4.90 Å². The van der Waals surface area contributed by atoms with Gasteiger partial charge >= 0.3 is 0 Å². The third-order valence-corrected chi connectivity index (χ3v) is 3.07. The van der Waals surface area contributed by atoms with Crippen LogP contribution in [0.3, 0.4) is 0 Å². The Kier molecular flexibility index (Phi) is 5.07. The van der Waals surface area contributed by atoms with E-state index >= 15 is 0 Å². The molecule has 0 saturated carbocycles. The molecule has 0 amide bonds. The number of hydrogen-bond acceptors (Lipinski definition) is 2. The van der Waals surface area contributed by atoms with Crippen molar-refractivity contribution in [1.29, 1.82) is 5.26 Å². The van der Waals surface area contributed by atoms with Crippen LogP contribution in [0.1, 0.15) is 18.4 Å². The molecule has 0 unspecified atom stereocenters. The molecular formula is C13H15BrN2. The van der Waals surface area contributed by atoms with Gasteiger partial charge in [0.2, 0.25) is 0 Å². The summed E-state index contributed by atoms with van der Waals surface area (Å²) in [4.78, 5) is 2.18. The number of hydrogen-bond donors (Lipinski definition) is 0. The van der Waals surface area contributed by atoms with Gasteiger partial charge in [-0.3, -0.25) is 0 Å². The van der Waals surface area contributed by atoms with Crippen molar-refractivity contribution in [2.45, 2.75) is 12.8 Å². The molecule has 84 valence electrons. The highest BCUT2D eigenvalue weighted by Gasteiger charge is 2.04. The van der Waals surface area contributed by atoms with Gasteiger partial charge in [0.15, 0.2) is 0 Å². The van der Waals surface area contributed by atoms with Crippen molar-refractivity contribution >= 4 is 21.6 Å². The summed E-state index contributed by atoms with van der Waals surface area (Å²) >= 11 is 3.39. The molecule has 0 bridgehead atoms. The van der Waals surface area contributed by atoms with Crippen molar-refractivity contribution in [2.24, 2.45) is 0 Å². The third-order valence-electron chi connectivity index (χ3n) is 2.42. The molecule has 0 aliphatic heterocycles. The van der Waals surface area contributed by atoms with E-state index in [1.165, 1.54) is 0 Å². The van der Waals surface area contributed by atoms with Crippen LogP contribution in [-0.4, -0.2) is 13.6 Å². The SMILES string of the molecule is C=CCCCN(C)c1ccc(C#N)c(Br)c1. The molecule has 0 aliphatic carbocycles. The average Bonchev–Trinajstić information content (AvgIpc) is 2.29. The highest BCUT2D eigenvalue weighted by atomic mass is 79.9. The van der Waals surface area contributed by atoms with E-state index in [0.717, 1.165) is 29.5 Å². The van der Waals surface area contributed by atoms with Crippen molar-refractivity contribution in [3.05, 3.63) is 40.9 Å². The molecule has 1 aromatic carbocycles. The zero-order chi connectivity index (χ0) is 12.0. The number of nitrogens with zero attached hydrogens (tertiary/aromatic N) is 2. The number of anilines is 1. The maximum Gasteiger partial charge on any atom is 0.100 e. The predicted octanol–water partition coefficient (Wildman–Crippen LogP) is 3.72. The molecular weight excluding hydrogens is 264 g/mol. The minimum atomic E-state index is 0.670. The Morgan fingerprint density at radius 2 is 2.31 bits per heavy atom. The monoisotopic (exact) mass is 278 g/mol. The second-order valence-corrected chi connectivity index (χ2v) is 4.48. The van der Waals surface area contributed by atoms with Crippen LogP contribution in [0.4, 0.5) is 5.69 Å². The third kappa shape index (κ3) is 3.39. The fourth-order valence-corrected chi connectivity index (χ4v) is 1.89. The summed E-state index contributed by atoms with van der Waals surface area (Å²) in [5.41, 5.74) is 1.79. The first-order chi connectivity index (χ1) is 7.69. The maximum atomic E-state index is 8.82. The number of halogens is 1. The first kappa shape index (κ1) is 12.8. The Balaban J connectivity index is 2.69. The molecule has 2 nitrogen and oxygen atoms in total. The number of rotatable bonds is 5. The Hall–Kier alpha value is -1.27. The van der Waals surface area contributed by atoms with Crippen molar-refractivity contribution < 1.29 is 0 Å². The minimum absolute atomic E-state index is 0.670. The molecule has 0 radical (unpaired) electrons. The van der Waals surface area contributed by atoms with Crippen LogP contribution in [0.5, 0.6) is 0 Å². The van der Waals surface area contributed by atoms with Gasteiger partial charge in [0, 0.05) is 23.8 Å². The van der Waals surface area contributed by atoms with E-state index in [4.69, 9.17) is 5.26 Å². The normalized spacial score (nSPS) is 9.56. The summed E-state index contributed by atoms with van der Waals surface area (Å²) in [5.74, 6) is 0.